The smallest absolute Gasteiger partial charge is 0.117 e. The quantitative estimate of drug-likeness (QED) is 0.317. The number of nitrogens with two attached hydrogens (primary N) is 1. The summed E-state index contributed by atoms with van der Waals surface area (Å²) in [6.07, 6.45) is 0. The zero-order chi connectivity index (χ0) is 18.9. The summed E-state index contributed by atoms with van der Waals surface area (Å²) in [5, 5.41) is 13.6. The summed E-state index contributed by atoms with van der Waals surface area (Å²) in [6.45, 7) is 0. The van der Waals surface area contributed by atoms with Crippen molar-refractivity contribution in [1.82, 2.24) is 0 Å². The first-order valence-electron chi connectivity index (χ1n) is 9.39. The maximum absolute atomic E-state index is 10.1. The van der Waals surface area contributed by atoms with E-state index in [1.54, 1.807) is 12.1 Å². The molecule has 0 fully saturated rings. The molecule has 2 aliphatic rings. The highest BCUT2D eigenvalue weighted by Gasteiger charge is 2.49. The topological polar surface area (TPSA) is 58.3 Å². The van der Waals surface area contributed by atoms with Crippen molar-refractivity contribution >= 4 is 17.1 Å². The molecule has 0 saturated carbocycles. The van der Waals surface area contributed by atoms with E-state index in [1.807, 2.05) is 18.2 Å². The van der Waals surface area contributed by atoms with Gasteiger partial charge in [0.05, 0.1) is 5.41 Å². The third-order valence-electron chi connectivity index (χ3n) is 6.08. The molecular formula is C25H18N2O. The van der Waals surface area contributed by atoms with Gasteiger partial charge in [-0.05, 0) is 51.6 Å². The maximum atomic E-state index is 10.1. The number of phenols is 1. The molecule has 134 valence electrons. The molecule has 0 saturated heterocycles. The van der Waals surface area contributed by atoms with Gasteiger partial charge in [-0.1, -0.05) is 60.7 Å². The molecule has 4 aromatic rings. The normalized spacial score (nSPS) is 14.6. The van der Waals surface area contributed by atoms with Crippen LogP contribution in [0.2, 0.25) is 0 Å². The highest BCUT2D eigenvalue weighted by molar-refractivity contribution is 5.93. The Labute approximate surface area is 163 Å². The minimum atomic E-state index is -0.440. The zero-order valence-electron chi connectivity index (χ0n) is 15.1. The van der Waals surface area contributed by atoms with E-state index >= 15 is 0 Å². The number of hydrogen-bond acceptors (Lipinski definition) is 3. The molecule has 4 aromatic carbocycles. The Bertz CT molecular complexity index is 1180. The van der Waals surface area contributed by atoms with Gasteiger partial charge in [0, 0.05) is 23.1 Å². The average molecular weight is 362 g/mol. The van der Waals surface area contributed by atoms with Crippen LogP contribution in [-0.2, 0) is 5.41 Å². The molecule has 0 bridgehead atoms. The van der Waals surface area contributed by atoms with Gasteiger partial charge >= 0.3 is 0 Å². The summed E-state index contributed by atoms with van der Waals surface area (Å²) in [5.41, 5.74) is 15.6. The lowest BCUT2D eigenvalue weighted by Crippen LogP contribution is -2.33. The summed E-state index contributed by atoms with van der Waals surface area (Å²) in [4.78, 5) is 0. The van der Waals surface area contributed by atoms with Crippen LogP contribution in [-0.4, -0.2) is 5.11 Å². The number of anilines is 3. The van der Waals surface area contributed by atoms with Crippen molar-refractivity contribution < 1.29 is 5.11 Å². The molecule has 4 N–H and O–H groups in total. The van der Waals surface area contributed by atoms with Crippen molar-refractivity contribution in [3.05, 3.63) is 107 Å². The first-order valence-corrected chi connectivity index (χ1v) is 9.39. The van der Waals surface area contributed by atoms with Gasteiger partial charge in [0.25, 0.3) is 0 Å². The van der Waals surface area contributed by atoms with E-state index in [9.17, 15) is 5.11 Å². The number of hydrogen-bond donors (Lipinski definition) is 3. The van der Waals surface area contributed by atoms with Crippen LogP contribution in [0.4, 0.5) is 17.1 Å². The van der Waals surface area contributed by atoms with Crippen LogP contribution in [0.3, 0.4) is 0 Å². The fraction of sp³-hybridized carbons (Fsp3) is 0.0400. The number of nitrogens with one attached hydrogen (secondary N) is 1. The van der Waals surface area contributed by atoms with Crippen LogP contribution in [0.25, 0.3) is 11.1 Å². The highest BCUT2D eigenvalue weighted by Crippen LogP contribution is 2.61. The molecule has 0 aromatic heterocycles. The highest BCUT2D eigenvalue weighted by atomic mass is 16.3. The molecule has 3 heteroatoms. The molecule has 1 aliphatic heterocycles. The van der Waals surface area contributed by atoms with Crippen molar-refractivity contribution in [1.29, 1.82) is 0 Å². The number of rotatable bonds is 0. The number of fused-ring (bicyclic) bond motifs is 9. The second-order valence-electron chi connectivity index (χ2n) is 7.50. The summed E-state index contributed by atoms with van der Waals surface area (Å²) in [6, 6.07) is 28.9. The first kappa shape index (κ1) is 15.3. The Balaban J connectivity index is 1.84. The number of nitrogen functional groups attached to an aromatic ring is 1. The van der Waals surface area contributed by atoms with Crippen molar-refractivity contribution in [3.63, 3.8) is 0 Å². The SMILES string of the molecule is Nc1ccc2c(c1)Nc1cc(O)ccc1C21c2ccccc2-c2ccccc21. The van der Waals surface area contributed by atoms with Crippen molar-refractivity contribution in [2.75, 3.05) is 11.1 Å². The van der Waals surface area contributed by atoms with Gasteiger partial charge in [-0.2, -0.15) is 0 Å². The molecular weight excluding hydrogens is 344 g/mol. The van der Waals surface area contributed by atoms with Crippen LogP contribution < -0.4 is 11.1 Å². The first-order chi connectivity index (χ1) is 13.7. The van der Waals surface area contributed by atoms with Crippen LogP contribution in [0.15, 0.2) is 84.9 Å². The predicted molar refractivity (Wildman–Crippen MR) is 113 cm³/mol. The Morgan fingerprint density at radius 1 is 0.643 bits per heavy atom. The van der Waals surface area contributed by atoms with Gasteiger partial charge in [-0.15, -0.1) is 0 Å². The molecule has 1 heterocycles. The van der Waals surface area contributed by atoms with Crippen molar-refractivity contribution in [3.8, 4) is 16.9 Å². The summed E-state index contributed by atoms with van der Waals surface area (Å²) in [7, 11) is 0. The van der Waals surface area contributed by atoms with Crippen LogP contribution in [0.5, 0.6) is 5.75 Å². The number of benzene rings is 4. The van der Waals surface area contributed by atoms with Crippen LogP contribution >= 0.6 is 0 Å². The minimum absolute atomic E-state index is 0.244. The van der Waals surface area contributed by atoms with E-state index in [-0.39, 0.29) is 5.75 Å². The molecule has 28 heavy (non-hydrogen) atoms. The number of phenolic OH excluding ortho intramolecular Hbond substituents is 1. The molecule has 0 amide bonds. The summed E-state index contributed by atoms with van der Waals surface area (Å²) < 4.78 is 0. The lowest BCUT2D eigenvalue weighted by molar-refractivity contribution is 0.475. The minimum Gasteiger partial charge on any atom is -0.508 e. The summed E-state index contributed by atoms with van der Waals surface area (Å²) in [5.74, 6) is 0.244. The van der Waals surface area contributed by atoms with E-state index in [2.05, 4.69) is 59.9 Å². The van der Waals surface area contributed by atoms with Crippen LogP contribution in [0, 0.1) is 0 Å². The Morgan fingerprint density at radius 2 is 1.21 bits per heavy atom. The van der Waals surface area contributed by atoms with Crippen molar-refractivity contribution in [2.45, 2.75) is 5.41 Å². The van der Waals surface area contributed by atoms with Crippen LogP contribution in [0.1, 0.15) is 22.3 Å². The maximum Gasteiger partial charge on any atom is 0.117 e. The standard InChI is InChI=1S/C25H18N2O/c26-15-9-11-21-23(13-15)27-24-14-16(28)10-12-22(24)25(21)19-7-3-1-5-17(19)18-6-2-4-8-20(18)25/h1-14,27-28H,26H2. The van der Waals surface area contributed by atoms with E-state index in [0.717, 1.165) is 16.9 Å². The van der Waals surface area contributed by atoms with Gasteiger partial charge in [0.15, 0.2) is 0 Å². The third-order valence-corrected chi connectivity index (χ3v) is 6.08. The zero-order valence-corrected chi connectivity index (χ0v) is 15.1. The predicted octanol–water partition coefficient (Wildman–Crippen LogP) is 5.39. The molecule has 1 aliphatic carbocycles. The van der Waals surface area contributed by atoms with E-state index < -0.39 is 5.41 Å². The van der Waals surface area contributed by atoms with E-state index in [0.29, 0.717) is 5.69 Å². The average Bonchev–Trinajstić information content (AvgIpc) is 2.99. The molecule has 0 radical (unpaired) electrons. The largest absolute Gasteiger partial charge is 0.508 e. The Kier molecular flexibility index (Phi) is 2.83. The number of aromatic hydroxyl groups is 1. The molecule has 0 unspecified atom stereocenters. The van der Waals surface area contributed by atoms with Crippen molar-refractivity contribution in [2.24, 2.45) is 0 Å². The lowest BCUT2D eigenvalue weighted by Gasteiger charge is -2.40. The van der Waals surface area contributed by atoms with E-state index in [4.69, 9.17) is 5.73 Å². The van der Waals surface area contributed by atoms with Gasteiger partial charge in [-0.25, -0.2) is 0 Å². The lowest BCUT2D eigenvalue weighted by atomic mass is 9.65. The van der Waals surface area contributed by atoms with Gasteiger partial charge in [0.2, 0.25) is 0 Å². The fourth-order valence-electron chi connectivity index (χ4n) is 5.06. The van der Waals surface area contributed by atoms with Gasteiger partial charge in [-0.3, -0.25) is 0 Å². The molecule has 3 nitrogen and oxygen atoms in total. The van der Waals surface area contributed by atoms with E-state index in [1.165, 1.54) is 27.8 Å². The third kappa shape index (κ3) is 1.73. The molecule has 1 spiro atoms. The Hall–Kier alpha value is -3.72. The second kappa shape index (κ2) is 5.17. The monoisotopic (exact) mass is 362 g/mol. The molecule has 0 atom stereocenters. The Morgan fingerprint density at radius 3 is 1.89 bits per heavy atom. The van der Waals surface area contributed by atoms with Gasteiger partial charge < -0.3 is 16.2 Å². The molecule has 6 rings (SSSR count). The van der Waals surface area contributed by atoms with Gasteiger partial charge in [0.1, 0.15) is 5.75 Å². The second-order valence-corrected chi connectivity index (χ2v) is 7.50. The fourth-order valence-corrected chi connectivity index (χ4v) is 5.06. The summed E-state index contributed by atoms with van der Waals surface area (Å²) >= 11 is 0.